The SMILES string of the molecule is Cc1noc(C)c1CCC(=O)N1CCn2c1nc1ccccc12. The molecule has 4 rings (SSSR count). The number of benzene rings is 1. The Kier molecular flexibility index (Phi) is 3.18. The number of imidazole rings is 1. The number of nitrogens with zero attached hydrogens (tertiary/aromatic N) is 4. The van der Waals surface area contributed by atoms with Gasteiger partial charge >= 0.3 is 0 Å². The molecule has 3 aromatic rings. The van der Waals surface area contributed by atoms with E-state index in [9.17, 15) is 4.79 Å². The number of rotatable bonds is 3. The smallest absolute Gasteiger partial charge is 0.229 e. The predicted octanol–water partition coefficient (Wildman–Crippen LogP) is 2.62. The molecule has 0 saturated heterocycles. The lowest BCUT2D eigenvalue weighted by Crippen LogP contribution is -2.29. The second-order valence-electron chi connectivity index (χ2n) is 5.90. The lowest BCUT2D eigenvalue weighted by Gasteiger charge is -2.13. The van der Waals surface area contributed by atoms with E-state index in [4.69, 9.17) is 4.52 Å². The number of carbonyl (C=O) groups excluding carboxylic acids is 1. The van der Waals surface area contributed by atoms with Crippen LogP contribution >= 0.6 is 0 Å². The minimum Gasteiger partial charge on any atom is -0.361 e. The van der Waals surface area contributed by atoms with Gasteiger partial charge in [-0.3, -0.25) is 9.69 Å². The predicted molar refractivity (Wildman–Crippen MR) is 86.4 cm³/mol. The lowest BCUT2D eigenvalue weighted by atomic mass is 10.1. The number of para-hydroxylation sites is 2. The molecule has 6 heteroatoms. The van der Waals surface area contributed by atoms with Crippen LogP contribution in [0.3, 0.4) is 0 Å². The topological polar surface area (TPSA) is 64.2 Å². The molecule has 0 unspecified atom stereocenters. The van der Waals surface area contributed by atoms with E-state index in [-0.39, 0.29) is 5.91 Å². The van der Waals surface area contributed by atoms with Crippen molar-refractivity contribution in [2.24, 2.45) is 0 Å². The van der Waals surface area contributed by atoms with E-state index in [1.165, 1.54) is 0 Å². The number of anilines is 1. The van der Waals surface area contributed by atoms with Gasteiger partial charge in [0.2, 0.25) is 11.9 Å². The molecule has 2 aromatic heterocycles. The molecule has 6 nitrogen and oxygen atoms in total. The summed E-state index contributed by atoms with van der Waals surface area (Å²) in [5, 5.41) is 3.94. The summed E-state index contributed by atoms with van der Waals surface area (Å²) in [5.41, 5.74) is 3.92. The summed E-state index contributed by atoms with van der Waals surface area (Å²) in [4.78, 5) is 19.0. The summed E-state index contributed by atoms with van der Waals surface area (Å²) in [6.07, 6.45) is 1.09. The highest BCUT2D eigenvalue weighted by molar-refractivity contribution is 5.95. The normalized spacial score (nSPS) is 13.7. The number of carbonyl (C=O) groups is 1. The summed E-state index contributed by atoms with van der Waals surface area (Å²) in [7, 11) is 0. The van der Waals surface area contributed by atoms with Crippen LogP contribution < -0.4 is 4.90 Å². The molecule has 0 N–H and O–H groups in total. The highest BCUT2D eigenvalue weighted by Crippen LogP contribution is 2.28. The molecule has 0 atom stereocenters. The zero-order valence-electron chi connectivity index (χ0n) is 13.2. The first-order valence-corrected chi connectivity index (χ1v) is 7.82. The van der Waals surface area contributed by atoms with Crippen molar-refractivity contribution in [2.45, 2.75) is 33.2 Å². The minimum absolute atomic E-state index is 0.0963. The van der Waals surface area contributed by atoms with Crippen LogP contribution in [0.4, 0.5) is 5.95 Å². The summed E-state index contributed by atoms with van der Waals surface area (Å²) in [6, 6.07) is 7.99. The van der Waals surface area contributed by atoms with Crippen LogP contribution in [0.25, 0.3) is 11.0 Å². The van der Waals surface area contributed by atoms with Crippen molar-refractivity contribution in [3.05, 3.63) is 41.3 Å². The Morgan fingerprint density at radius 3 is 2.87 bits per heavy atom. The van der Waals surface area contributed by atoms with E-state index < -0.39 is 0 Å². The van der Waals surface area contributed by atoms with Crippen molar-refractivity contribution in [1.29, 1.82) is 0 Å². The first-order chi connectivity index (χ1) is 11.1. The minimum atomic E-state index is 0.0963. The van der Waals surface area contributed by atoms with Crippen LogP contribution in [0.1, 0.15) is 23.4 Å². The maximum absolute atomic E-state index is 12.6. The molecule has 1 aliphatic rings. The highest BCUT2D eigenvalue weighted by atomic mass is 16.5. The van der Waals surface area contributed by atoms with Crippen LogP contribution in [0.15, 0.2) is 28.8 Å². The largest absolute Gasteiger partial charge is 0.361 e. The zero-order valence-corrected chi connectivity index (χ0v) is 13.2. The second-order valence-corrected chi connectivity index (χ2v) is 5.90. The van der Waals surface area contributed by atoms with Gasteiger partial charge in [0.05, 0.1) is 16.7 Å². The van der Waals surface area contributed by atoms with E-state index in [1.807, 2.05) is 38.1 Å². The van der Waals surface area contributed by atoms with Gasteiger partial charge in [0.25, 0.3) is 0 Å². The molecule has 0 saturated carbocycles. The molecule has 23 heavy (non-hydrogen) atoms. The molecule has 3 heterocycles. The van der Waals surface area contributed by atoms with Crippen LogP contribution in [-0.2, 0) is 17.8 Å². The number of hydrogen-bond donors (Lipinski definition) is 0. The van der Waals surface area contributed by atoms with Crippen molar-refractivity contribution in [1.82, 2.24) is 14.7 Å². The van der Waals surface area contributed by atoms with Gasteiger partial charge in [-0.15, -0.1) is 0 Å². The first-order valence-electron chi connectivity index (χ1n) is 7.82. The molecule has 0 aliphatic carbocycles. The molecule has 0 spiro atoms. The maximum atomic E-state index is 12.6. The van der Waals surface area contributed by atoms with Gasteiger partial charge in [0.1, 0.15) is 5.76 Å². The van der Waals surface area contributed by atoms with Gasteiger partial charge in [-0.05, 0) is 32.4 Å². The van der Waals surface area contributed by atoms with E-state index in [2.05, 4.69) is 14.7 Å². The number of aromatic nitrogens is 3. The number of hydrogen-bond acceptors (Lipinski definition) is 4. The van der Waals surface area contributed by atoms with Crippen LogP contribution in [0, 0.1) is 13.8 Å². The molecule has 0 fully saturated rings. The van der Waals surface area contributed by atoms with Gasteiger partial charge in [0.15, 0.2) is 0 Å². The van der Waals surface area contributed by atoms with Gasteiger partial charge in [0, 0.05) is 25.1 Å². The van der Waals surface area contributed by atoms with Crippen molar-refractivity contribution in [3.63, 3.8) is 0 Å². The summed E-state index contributed by atoms with van der Waals surface area (Å²) in [5.74, 6) is 1.65. The van der Waals surface area contributed by atoms with Gasteiger partial charge < -0.3 is 9.09 Å². The fourth-order valence-corrected chi connectivity index (χ4v) is 3.25. The maximum Gasteiger partial charge on any atom is 0.229 e. The van der Waals surface area contributed by atoms with Crippen molar-refractivity contribution < 1.29 is 9.32 Å². The van der Waals surface area contributed by atoms with Crippen molar-refractivity contribution >= 4 is 22.9 Å². The third-order valence-electron chi connectivity index (χ3n) is 4.49. The third kappa shape index (κ3) is 2.21. The Hall–Kier alpha value is -2.63. The summed E-state index contributed by atoms with van der Waals surface area (Å²) >= 11 is 0. The van der Waals surface area contributed by atoms with Crippen molar-refractivity contribution in [2.75, 3.05) is 11.4 Å². The van der Waals surface area contributed by atoms with Gasteiger partial charge in [-0.25, -0.2) is 4.98 Å². The van der Waals surface area contributed by atoms with Crippen LogP contribution in [-0.4, -0.2) is 27.2 Å². The van der Waals surface area contributed by atoms with Crippen LogP contribution in [0.5, 0.6) is 0 Å². The van der Waals surface area contributed by atoms with E-state index in [0.29, 0.717) is 19.4 Å². The molecule has 1 amide bonds. The average Bonchev–Trinajstić information content (AvgIpc) is 3.19. The summed E-state index contributed by atoms with van der Waals surface area (Å²) in [6.45, 7) is 5.28. The molecule has 0 radical (unpaired) electrons. The molecular weight excluding hydrogens is 292 g/mol. The molecule has 118 valence electrons. The Balaban J connectivity index is 1.55. The van der Waals surface area contributed by atoms with Gasteiger partial charge in [-0.1, -0.05) is 17.3 Å². The van der Waals surface area contributed by atoms with E-state index >= 15 is 0 Å². The average molecular weight is 310 g/mol. The number of fused-ring (bicyclic) bond motifs is 3. The van der Waals surface area contributed by atoms with Gasteiger partial charge in [-0.2, -0.15) is 0 Å². The monoisotopic (exact) mass is 310 g/mol. The second kappa shape index (κ2) is 5.22. The Morgan fingerprint density at radius 2 is 2.09 bits per heavy atom. The summed E-state index contributed by atoms with van der Waals surface area (Å²) < 4.78 is 7.27. The third-order valence-corrected chi connectivity index (χ3v) is 4.49. The Bertz CT molecular complexity index is 874. The molecular formula is C17H18N4O2. The van der Waals surface area contributed by atoms with E-state index in [1.54, 1.807) is 4.90 Å². The van der Waals surface area contributed by atoms with E-state index in [0.717, 1.165) is 40.5 Å². The Morgan fingerprint density at radius 1 is 1.26 bits per heavy atom. The first kappa shape index (κ1) is 14.0. The quantitative estimate of drug-likeness (QED) is 0.746. The number of amides is 1. The fourth-order valence-electron chi connectivity index (χ4n) is 3.25. The van der Waals surface area contributed by atoms with Crippen molar-refractivity contribution in [3.8, 4) is 0 Å². The lowest BCUT2D eigenvalue weighted by molar-refractivity contribution is -0.118. The molecule has 1 aliphatic heterocycles. The Labute approximate surface area is 133 Å². The fraction of sp³-hybridized carbons (Fsp3) is 0.353. The molecule has 0 bridgehead atoms. The molecule has 1 aromatic carbocycles. The van der Waals surface area contributed by atoms with Crippen LogP contribution in [0.2, 0.25) is 0 Å². The number of aryl methyl sites for hydroxylation is 2. The zero-order chi connectivity index (χ0) is 16.0. The highest BCUT2D eigenvalue weighted by Gasteiger charge is 2.28. The standard InChI is InChI=1S/C17H18N4O2/c1-11-13(12(2)23-19-11)7-8-16(22)21-10-9-20-15-6-4-3-5-14(15)18-17(20)21/h3-6H,7-10H2,1-2H3.